The van der Waals surface area contributed by atoms with E-state index in [0.29, 0.717) is 5.92 Å². The lowest BCUT2D eigenvalue weighted by Gasteiger charge is -2.12. The number of benzene rings is 5. The molecule has 0 radical (unpaired) electrons. The topological polar surface area (TPSA) is 18.1 Å². The molecule has 2 heteroatoms. The Morgan fingerprint density at radius 1 is 0.788 bits per heavy atom. The normalized spacial score (nSPS) is 16.3. The number of furan rings is 1. The molecule has 0 spiro atoms. The van der Waals surface area contributed by atoms with Crippen LogP contribution < -0.4 is 0 Å². The summed E-state index contributed by atoms with van der Waals surface area (Å²) in [5.41, 5.74) is 20.2. The quantitative estimate of drug-likeness (QED) is 0.154. The van der Waals surface area contributed by atoms with E-state index in [0.717, 1.165) is 42.4 Å². The molecular formula is C50H45NO. The smallest absolute Gasteiger partial charge is 0.137 e. The fraction of sp³-hybridized carbons (Fsp3) is 0.200. The number of rotatable bonds is 7. The van der Waals surface area contributed by atoms with Gasteiger partial charge in [0.15, 0.2) is 0 Å². The highest BCUT2D eigenvalue weighted by atomic mass is 16.3. The van der Waals surface area contributed by atoms with Crippen LogP contribution in [-0.2, 0) is 19.3 Å². The van der Waals surface area contributed by atoms with Gasteiger partial charge in [0.05, 0.1) is 11.0 Å². The highest BCUT2D eigenvalue weighted by Crippen LogP contribution is 2.45. The van der Waals surface area contributed by atoms with E-state index in [9.17, 15) is 0 Å². The number of fused-ring (bicyclic) bond motifs is 10. The zero-order valence-corrected chi connectivity index (χ0v) is 30.9. The Kier molecular flexibility index (Phi) is 7.81. The molecule has 2 aliphatic carbocycles. The molecule has 1 unspecified atom stereocenters. The molecule has 0 saturated carbocycles. The average Bonchev–Trinajstić information content (AvgIpc) is 3.85. The van der Waals surface area contributed by atoms with Crippen LogP contribution in [0.15, 0.2) is 137 Å². The number of aryl methyl sites for hydroxylation is 1. The van der Waals surface area contributed by atoms with Gasteiger partial charge < -0.3 is 8.98 Å². The first-order valence-electron chi connectivity index (χ1n) is 18.8. The minimum absolute atomic E-state index is 0.429. The van der Waals surface area contributed by atoms with Crippen molar-refractivity contribution in [2.45, 2.75) is 60.3 Å². The highest BCUT2D eigenvalue weighted by molar-refractivity contribution is 6.18. The molecule has 2 nitrogen and oxygen atoms in total. The number of hydrogen-bond donors (Lipinski definition) is 0. The van der Waals surface area contributed by atoms with Crippen molar-refractivity contribution in [2.24, 2.45) is 5.92 Å². The van der Waals surface area contributed by atoms with Gasteiger partial charge in [-0.2, -0.15) is 0 Å². The second-order valence-electron chi connectivity index (χ2n) is 15.2. The minimum Gasteiger partial charge on any atom is -0.456 e. The molecule has 5 aromatic carbocycles. The fourth-order valence-corrected chi connectivity index (χ4v) is 8.90. The number of aromatic nitrogens is 1. The molecule has 1 atom stereocenters. The summed E-state index contributed by atoms with van der Waals surface area (Å²) in [6, 6.07) is 31.9. The van der Waals surface area contributed by atoms with E-state index in [2.05, 4.69) is 161 Å². The van der Waals surface area contributed by atoms with Crippen molar-refractivity contribution < 1.29 is 4.42 Å². The predicted molar refractivity (Wildman–Crippen MR) is 223 cm³/mol. The average molecular weight is 676 g/mol. The Balaban J connectivity index is 1.22. The van der Waals surface area contributed by atoms with Gasteiger partial charge in [-0.25, -0.2) is 0 Å². The van der Waals surface area contributed by atoms with Crippen LogP contribution >= 0.6 is 0 Å². The Morgan fingerprint density at radius 3 is 2.27 bits per heavy atom. The Bertz CT molecular complexity index is 2750. The Hall–Kier alpha value is -5.60. The Labute approximate surface area is 306 Å². The number of allylic oxidation sites excluding steroid dienone is 9. The molecule has 7 aromatic rings. The zero-order chi connectivity index (χ0) is 35.7. The van der Waals surface area contributed by atoms with Gasteiger partial charge >= 0.3 is 0 Å². The van der Waals surface area contributed by atoms with Crippen LogP contribution in [0.5, 0.6) is 0 Å². The van der Waals surface area contributed by atoms with Crippen molar-refractivity contribution in [1.29, 1.82) is 0 Å². The summed E-state index contributed by atoms with van der Waals surface area (Å²) in [4.78, 5) is 0. The van der Waals surface area contributed by atoms with Crippen molar-refractivity contribution in [3.8, 4) is 11.1 Å². The van der Waals surface area contributed by atoms with E-state index in [1.807, 2.05) is 0 Å². The third-order valence-electron chi connectivity index (χ3n) is 11.3. The largest absolute Gasteiger partial charge is 0.456 e. The van der Waals surface area contributed by atoms with Gasteiger partial charge in [0.25, 0.3) is 0 Å². The first kappa shape index (κ1) is 32.3. The summed E-state index contributed by atoms with van der Waals surface area (Å²) in [6.45, 7) is 15.2. The summed E-state index contributed by atoms with van der Waals surface area (Å²) < 4.78 is 9.17. The molecule has 0 N–H and O–H groups in total. The molecule has 9 rings (SSSR count). The van der Waals surface area contributed by atoms with E-state index in [-0.39, 0.29) is 0 Å². The van der Waals surface area contributed by atoms with Crippen LogP contribution in [0.25, 0.3) is 66.1 Å². The van der Waals surface area contributed by atoms with Crippen molar-refractivity contribution in [3.05, 3.63) is 166 Å². The maximum absolute atomic E-state index is 6.70. The second kappa shape index (κ2) is 12.6. The molecule has 2 aliphatic rings. The summed E-state index contributed by atoms with van der Waals surface area (Å²) in [6.07, 6.45) is 15.3. The van der Waals surface area contributed by atoms with Crippen LogP contribution in [0, 0.1) is 12.8 Å². The highest BCUT2D eigenvalue weighted by Gasteiger charge is 2.24. The van der Waals surface area contributed by atoms with Gasteiger partial charge in [-0.3, -0.25) is 0 Å². The van der Waals surface area contributed by atoms with Crippen LogP contribution in [0.1, 0.15) is 67.5 Å². The number of hydrogen-bond acceptors (Lipinski definition) is 1. The van der Waals surface area contributed by atoms with E-state index in [1.165, 1.54) is 93.9 Å². The van der Waals surface area contributed by atoms with Crippen molar-refractivity contribution in [1.82, 2.24) is 4.57 Å². The molecule has 256 valence electrons. The molecular weight excluding hydrogens is 631 g/mol. The van der Waals surface area contributed by atoms with E-state index >= 15 is 0 Å². The lowest BCUT2D eigenvalue weighted by molar-refractivity contribution is 0.668. The maximum Gasteiger partial charge on any atom is 0.137 e. The molecule has 0 aliphatic heterocycles. The third kappa shape index (κ3) is 5.32. The standard InChI is InChI=1S/C50H45NO/c1-7-8-13-31(4)21-33(6)51-47-26-38-24-36-15-10-12-17-40(36)42(38)27-43(47)44-28-46-45-25-34(32(5)22-49(45)52-50(46)29-48(44)51)18-19-41-37(20-30(2)3)23-35-14-9-11-16-39(35)41/h7-12,14-17,19-22,25-29,31H,2,13,18,23-24H2,1,3-6H3/b8-7-,33-21+,37-20-,41-19+. The first-order chi connectivity index (χ1) is 25.3. The SMILES string of the molecule is C=C(C)/C=C1/Cc2ccccc2/C1=C/Cc1cc2c(cc1C)oc1cc3c(cc12)c1cc2c(cc1n3/C(C)=C/C(C)C/C=C\C)Cc1ccccc1-2. The number of nitrogens with zero attached hydrogens (tertiary/aromatic N) is 1. The molecule has 2 aromatic heterocycles. The molecule has 2 heterocycles. The molecule has 0 bridgehead atoms. The van der Waals surface area contributed by atoms with Crippen LogP contribution in [0.2, 0.25) is 0 Å². The van der Waals surface area contributed by atoms with Crippen LogP contribution in [-0.4, -0.2) is 4.57 Å². The lowest BCUT2D eigenvalue weighted by atomic mass is 9.97. The fourth-order valence-electron chi connectivity index (χ4n) is 8.90. The third-order valence-corrected chi connectivity index (χ3v) is 11.3. The second-order valence-corrected chi connectivity index (χ2v) is 15.2. The summed E-state index contributed by atoms with van der Waals surface area (Å²) >= 11 is 0. The molecule has 52 heavy (non-hydrogen) atoms. The molecule has 0 saturated heterocycles. The van der Waals surface area contributed by atoms with Gasteiger partial charge in [0.2, 0.25) is 0 Å². The Morgan fingerprint density at radius 2 is 1.48 bits per heavy atom. The summed E-state index contributed by atoms with van der Waals surface area (Å²) in [5.74, 6) is 0.429. The van der Waals surface area contributed by atoms with E-state index in [4.69, 9.17) is 4.42 Å². The first-order valence-corrected chi connectivity index (χ1v) is 18.8. The van der Waals surface area contributed by atoms with Crippen molar-refractivity contribution in [3.63, 3.8) is 0 Å². The minimum atomic E-state index is 0.429. The van der Waals surface area contributed by atoms with Crippen LogP contribution in [0.4, 0.5) is 0 Å². The molecule has 0 fully saturated rings. The van der Waals surface area contributed by atoms with Gasteiger partial charge in [-0.05, 0) is 145 Å². The summed E-state index contributed by atoms with van der Waals surface area (Å²) in [5, 5.41) is 4.92. The van der Waals surface area contributed by atoms with Gasteiger partial charge in [-0.1, -0.05) is 98.0 Å². The van der Waals surface area contributed by atoms with Crippen molar-refractivity contribution >= 4 is 55.0 Å². The van der Waals surface area contributed by atoms with E-state index < -0.39 is 0 Å². The van der Waals surface area contributed by atoms with Crippen molar-refractivity contribution in [2.75, 3.05) is 0 Å². The van der Waals surface area contributed by atoms with E-state index in [1.54, 1.807) is 0 Å². The molecule has 0 amide bonds. The van der Waals surface area contributed by atoms with Gasteiger partial charge in [0, 0.05) is 33.3 Å². The lowest BCUT2D eigenvalue weighted by Crippen LogP contribution is -1.97. The zero-order valence-electron chi connectivity index (χ0n) is 30.9. The monoisotopic (exact) mass is 675 g/mol. The van der Waals surface area contributed by atoms with Gasteiger partial charge in [-0.15, -0.1) is 0 Å². The van der Waals surface area contributed by atoms with Gasteiger partial charge in [0.1, 0.15) is 11.2 Å². The van der Waals surface area contributed by atoms with Crippen LogP contribution in [0.3, 0.4) is 0 Å². The predicted octanol–water partition coefficient (Wildman–Crippen LogP) is 13.7. The maximum atomic E-state index is 6.70. The summed E-state index contributed by atoms with van der Waals surface area (Å²) in [7, 11) is 0.